The molecule has 1 aliphatic rings. The van der Waals surface area contributed by atoms with Gasteiger partial charge in [-0.05, 0) is 26.8 Å². The van der Waals surface area contributed by atoms with E-state index in [1.807, 2.05) is 26.8 Å². The van der Waals surface area contributed by atoms with Crippen LogP contribution < -0.4 is 5.32 Å². The van der Waals surface area contributed by atoms with E-state index in [1.165, 1.54) is 0 Å². The maximum atomic E-state index is 9.17. The van der Waals surface area contributed by atoms with Gasteiger partial charge < -0.3 is 14.8 Å². The highest BCUT2D eigenvalue weighted by molar-refractivity contribution is 5.59. The molecule has 0 aliphatic carbocycles. The number of anilines is 1. The van der Waals surface area contributed by atoms with Crippen LogP contribution in [0.4, 0.5) is 5.69 Å². The van der Waals surface area contributed by atoms with Gasteiger partial charge in [0.2, 0.25) is 0 Å². The molecule has 0 aromatic carbocycles. The van der Waals surface area contributed by atoms with Gasteiger partial charge in [-0.2, -0.15) is 5.26 Å². The van der Waals surface area contributed by atoms with E-state index in [0.717, 1.165) is 23.5 Å². The Morgan fingerprint density at radius 2 is 2.11 bits per heavy atom. The van der Waals surface area contributed by atoms with Gasteiger partial charge in [0, 0.05) is 18.7 Å². The lowest BCUT2D eigenvalue weighted by atomic mass is 10.1. The molecule has 0 unspecified atom stereocenters. The van der Waals surface area contributed by atoms with Crippen molar-refractivity contribution in [2.45, 2.75) is 33.0 Å². The van der Waals surface area contributed by atoms with Crippen molar-refractivity contribution >= 4 is 5.69 Å². The highest BCUT2D eigenvalue weighted by Crippen LogP contribution is 2.24. The molecule has 1 aliphatic heterocycles. The summed E-state index contributed by atoms with van der Waals surface area (Å²) in [7, 11) is 0. The van der Waals surface area contributed by atoms with Crippen LogP contribution in [0, 0.1) is 25.2 Å². The maximum absolute atomic E-state index is 9.17. The van der Waals surface area contributed by atoms with Crippen molar-refractivity contribution in [2.75, 3.05) is 25.1 Å². The van der Waals surface area contributed by atoms with Crippen LogP contribution in [0.3, 0.4) is 0 Å². The van der Waals surface area contributed by atoms with Crippen LogP contribution >= 0.6 is 0 Å². The molecule has 2 rings (SSSR count). The Kier molecular flexibility index (Phi) is 4.03. The van der Waals surface area contributed by atoms with Crippen LogP contribution in [0.1, 0.15) is 30.3 Å². The number of hydrogen-bond donors (Lipinski definition) is 1. The van der Waals surface area contributed by atoms with E-state index < -0.39 is 5.79 Å². The third kappa shape index (κ3) is 3.22. The lowest BCUT2D eigenvalue weighted by Gasteiger charge is -2.22. The van der Waals surface area contributed by atoms with Gasteiger partial charge in [0.15, 0.2) is 5.79 Å². The molecular weight excluding hydrogens is 242 g/mol. The summed E-state index contributed by atoms with van der Waals surface area (Å²) < 4.78 is 11.1. The van der Waals surface area contributed by atoms with E-state index in [1.54, 1.807) is 0 Å². The first kappa shape index (κ1) is 13.8. The molecule has 1 aromatic rings. The Bertz CT molecular complexity index is 502. The zero-order valence-corrected chi connectivity index (χ0v) is 11.6. The Labute approximate surface area is 113 Å². The topological polar surface area (TPSA) is 67.2 Å². The van der Waals surface area contributed by atoms with Gasteiger partial charge in [-0.25, -0.2) is 0 Å². The molecule has 1 saturated heterocycles. The molecular formula is C14H19N3O2. The van der Waals surface area contributed by atoms with Gasteiger partial charge in [-0.1, -0.05) is 0 Å². The predicted octanol–water partition coefficient (Wildman–Crippen LogP) is 2.14. The summed E-state index contributed by atoms with van der Waals surface area (Å²) in [5.74, 6) is -0.503. The van der Waals surface area contributed by atoms with Gasteiger partial charge >= 0.3 is 0 Å². The molecule has 102 valence electrons. The highest BCUT2D eigenvalue weighted by Gasteiger charge is 2.30. The average molecular weight is 261 g/mol. The van der Waals surface area contributed by atoms with E-state index in [-0.39, 0.29) is 0 Å². The zero-order valence-electron chi connectivity index (χ0n) is 11.6. The first-order valence-electron chi connectivity index (χ1n) is 6.44. The number of pyridine rings is 1. The molecule has 1 fully saturated rings. The molecule has 0 bridgehead atoms. The Morgan fingerprint density at radius 1 is 1.42 bits per heavy atom. The molecule has 0 atom stereocenters. The number of hydrogen-bond acceptors (Lipinski definition) is 5. The molecule has 5 nitrogen and oxygen atoms in total. The molecule has 0 amide bonds. The Morgan fingerprint density at radius 3 is 2.74 bits per heavy atom. The third-order valence-electron chi connectivity index (χ3n) is 3.23. The number of nitrogens with one attached hydrogen (secondary N) is 1. The minimum absolute atomic E-state index is 0.503. The van der Waals surface area contributed by atoms with Crippen LogP contribution in [-0.2, 0) is 9.47 Å². The SMILES string of the molecule is Cc1cc(NCCC2(C)OCCO2)c(C#N)c(C)n1. The lowest BCUT2D eigenvalue weighted by molar-refractivity contribution is -0.144. The van der Waals surface area contributed by atoms with E-state index in [9.17, 15) is 5.26 Å². The number of nitrogens with zero attached hydrogens (tertiary/aromatic N) is 2. The van der Waals surface area contributed by atoms with Crippen molar-refractivity contribution in [3.8, 4) is 6.07 Å². The fraction of sp³-hybridized carbons (Fsp3) is 0.571. The van der Waals surface area contributed by atoms with Crippen molar-refractivity contribution in [3.05, 3.63) is 23.0 Å². The number of aryl methyl sites for hydroxylation is 2. The van der Waals surface area contributed by atoms with Gasteiger partial charge in [0.05, 0.1) is 30.2 Å². The van der Waals surface area contributed by atoms with Crippen molar-refractivity contribution in [2.24, 2.45) is 0 Å². The molecule has 0 saturated carbocycles. The van der Waals surface area contributed by atoms with Gasteiger partial charge in [-0.15, -0.1) is 0 Å². The predicted molar refractivity (Wildman–Crippen MR) is 71.8 cm³/mol. The Balaban J connectivity index is 2.01. The smallest absolute Gasteiger partial charge is 0.167 e. The van der Waals surface area contributed by atoms with Crippen LogP contribution in [0.15, 0.2) is 6.07 Å². The summed E-state index contributed by atoms with van der Waals surface area (Å²) in [5, 5.41) is 12.4. The van der Waals surface area contributed by atoms with Gasteiger partial charge in [0.1, 0.15) is 6.07 Å². The van der Waals surface area contributed by atoms with Crippen molar-refractivity contribution in [1.29, 1.82) is 5.26 Å². The number of nitriles is 1. The van der Waals surface area contributed by atoms with Crippen molar-refractivity contribution in [3.63, 3.8) is 0 Å². The summed E-state index contributed by atoms with van der Waals surface area (Å²) in [6.07, 6.45) is 0.734. The quantitative estimate of drug-likeness (QED) is 0.899. The molecule has 0 spiro atoms. The van der Waals surface area contributed by atoms with Crippen molar-refractivity contribution in [1.82, 2.24) is 4.98 Å². The first-order chi connectivity index (χ1) is 9.04. The molecule has 0 radical (unpaired) electrons. The monoisotopic (exact) mass is 261 g/mol. The van der Waals surface area contributed by atoms with E-state index in [4.69, 9.17) is 9.47 Å². The van der Waals surface area contributed by atoms with E-state index in [2.05, 4.69) is 16.4 Å². The normalized spacial score (nSPS) is 17.2. The van der Waals surface area contributed by atoms with E-state index in [0.29, 0.717) is 25.3 Å². The third-order valence-corrected chi connectivity index (χ3v) is 3.23. The fourth-order valence-electron chi connectivity index (χ4n) is 2.23. The molecule has 1 N–H and O–H groups in total. The lowest BCUT2D eigenvalue weighted by Crippen LogP contribution is -2.28. The summed E-state index contributed by atoms with van der Waals surface area (Å²) in [5.41, 5.74) is 3.08. The van der Waals surface area contributed by atoms with Crippen LogP contribution in [-0.4, -0.2) is 30.5 Å². The minimum atomic E-state index is -0.503. The minimum Gasteiger partial charge on any atom is -0.384 e. The zero-order chi connectivity index (χ0) is 13.9. The van der Waals surface area contributed by atoms with Crippen LogP contribution in [0.25, 0.3) is 0 Å². The second-order valence-corrected chi connectivity index (χ2v) is 4.89. The molecule has 19 heavy (non-hydrogen) atoms. The molecule has 5 heteroatoms. The molecule has 1 aromatic heterocycles. The summed E-state index contributed by atoms with van der Waals surface area (Å²) in [6.45, 7) is 7.69. The molecule has 2 heterocycles. The fourth-order valence-corrected chi connectivity index (χ4v) is 2.23. The largest absolute Gasteiger partial charge is 0.384 e. The van der Waals surface area contributed by atoms with Gasteiger partial charge in [-0.3, -0.25) is 4.98 Å². The summed E-state index contributed by atoms with van der Waals surface area (Å²) >= 11 is 0. The number of ether oxygens (including phenoxy) is 2. The average Bonchev–Trinajstić information content (AvgIpc) is 2.76. The van der Waals surface area contributed by atoms with Crippen LogP contribution in [0.5, 0.6) is 0 Å². The van der Waals surface area contributed by atoms with Crippen LogP contribution in [0.2, 0.25) is 0 Å². The second kappa shape index (κ2) is 5.55. The standard InChI is InChI=1S/C14H19N3O2/c1-10-8-13(12(9-15)11(2)17-10)16-5-4-14(3)18-6-7-19-14/h8H,4-7H2,1-3H3,(H,16,17). The number of aromatic nitrogens is 1. The highest BCUT2D eigenvalue weighted by atomic mass is 16.7. The summed E-state index contributed by atoms with van der Waals surface area (Å²) in [4.78, 5) is 4.29. The second-order valence-electron chi connectivity index (χ2n) is 4.89. The summed E-state index contributed by atoms with van der Waals surface area (Å²) in [6, 6.07) is 4.08. The maximum Gasteiger partial charge on any atom is 0.167 e. The van der Waals surface area contributed by atoms with Crippen molar-refractivity contribution < 1.29 is 9.47 Å². The first-order valence-corrected chi connectivity index (χ1v) is 6.44. The van der Waals surface area contributed by atoms with E-state index >= 15 is 0 Å². The van der Waals surface area contributed by atoms with Gasteiger partial charge in [0.25, 0.3) is 0 Å². The Hall–Kier alpha value is -1.64. The number of rotatable bonds is 4.